The van der Waals surface area contributed by atoms with Crippen molar-refractivity contribution in [2.75, 3.05) is 19.7 Å². The van der Waals surface area contributed by atoms with E-state index in [-0.39, 0.29) is 5.91 Å². The molecule has 1 aliphatic rings. The van der Waals surface area contributed by atoms with Crippen LogP contribution in [0.5, 0.6) is 0 Å². The molecule has 0 spiro atoms. The molecule has 1 aromatic carbocycles. The Hall–Kier alpha value is -2.14. The third-order valence-corrected chi connectivity index (χ3v) is 4.44. The van der Waals surface area contributed by atoms with Gasteiger partial charge in [-0.05, 0) is 30.9 Å². The summed E-state index contributed by atoms with van der Waals surface area (Å²) in [4.78, 5) is 14.4. The SMILES string of the molecule is O=C(CCCOCc1ccccc1)N1CCC[C@@H](n2cccn2)C1. The van der Waals surface area contributed by atoms with Crippen molar-refractivity contribution < 1.29 is 9.53 Å². The van der Waals surface area contributed by atoms with Crippen LogP contribution in [0.1, 0.15) is 37.3 Å². The van der Waals surface area contributed by atoms with E-state index in [1.165, 1.54) is 5.56 Å². The molecular weight excluding hydrogens is 302 g/mol. The summed E-state index contributed by atoms with van der Waals surface area (Å²) < 4.78 is 7.63. The minimum atomic E-state index is 0.232. The summed E-state index contributed by atoms with van der Waals surface area (Å²) in [5.74, 6) is 0.232. The largest absolute Gasteiger partial charge is 0.377 e. The summed E-state index contributed by atoms with van der Waals surface area (Å²) in [5.41, 5.74) is 1.17. The maximum atomic E-state index is 12.4. The van der Waals surface area contributed by atoms with Gasteiger partial charge in [0.15, 0.2) is 0 Å². The highest BCUT2D eigenvalue weighted by atomic mass is 16.5. The normalized spacial score (nSPS) is 17.8. The molecule has 1 aliphatic heterocycles. The summed E-state index contributed by atoms with van der Waals surface area (Å²) in [7, 11) is 0. The van der Waals surface area contributed by atoms with E-state index >= 15 is 0 Å². The maximum Gasteiger partial charge on any atom is 0.222 e. The first-order valence-corrected chi connectivity index (χ1v) is 8.71. The molecule has 1 atom stereocenters. The lowest BCUT2D eigenvalue weighted by molar-refractivity contribution is -0.133. The number of piperidine rings is 1. The van der Waals surface area contributed by atoms with Crippen LogP contribution in [0.4, 0.5) is 0 Å². The van der Waals surface area contributed by atoms with Gasteiger partial charge in [0.1, 0.15) is 0 Å². The molecule has 1 saturated heterocycles. The lowest BCUT2D eigenvalue weighted by Crippen LogP contribution is -2.40. The molecule has 128 valence electrons. The Balaban J connectivity index is 1.36. The fourth-order valence-electron chi connectivity index (χ4n) is 3.14. The molecule has 1 fully saturated rings. The number of hydrogen-bond acceptors (Lipinski definition) is 3. The van der Waals surface area contributed by atoms with Crippen LogP contribution in [0.3, 0.4) is 0 Å². The Morgan fingerprint density at radius 1 is 1.25 bits per heavy atom. The second-order valence-electron chi connectivity index (χ2n) is 6.26. The number of rotatable bonds is 7. The van der Waals surface area contributed by atoms with Gasteiger partial charge in [-0.3, -0.25) is 9.48 Å². The summed E-state index contributed by atoms with van der Waals surface area (Å²) >= 11 is 0. The Labute approximate surface area is 143 Å². The molecule has 1 amide bonds. The predicted molar refractivity (Wildman–Crippen MR) is 92.4 cm³/mol. The van der Waals surface area contributed by atoms with E-state index in [0.29, 0.717) is 25.7 Å². The van der Waals surface area contributed by atoms with Crippen molar-refractivity contribution >= 4 is 5.91 Å². The van der Waals surface area contributed by atoms with E-state index in [1.54, 1.807) is 6.20 Å². The molecule has 5 nitrogen and oxygen atoms in total. The third kappa shape index (κ3) is 4.68. The van der Waals surface area contributed by atoms with Gasteiger partial charge < -0.3 is 9.64 Å². The van der Waals surface area contributed by atoms with Gasteiger partial charge >= 0.3 is 0 Å². The van der Waals surface area contributed by atoms with Crippen molar-refractivity contribution in [3.63, 3.8) is 0 Å². The Morgan fingerprint density at radius 3 is 2.92 bits per heavy atom. The fourth-order valence-corrected chi connectivity index (χ4v) is 3.14. The minimum Gasteiger partial charge on any atom is -0.377 e. The van der Waals surface area contributed by atoms with Gasteiger partial charge in [-0.1, -0.05) is 30.3 Å². The number of likely N-dealkylation sites (tertiary alicyclic amines) is 1. The van der Waals surface area contributed by atoms with Gasteiger partial charge in [-0.2, -0.15) is 5.10 Å². The van der Waals surface area contributed by atoms with Crippen molar-refractivity contribution in [3.8, 4) is 0 Å². The van der Waals surface area contributed by atoms with Crippen LogP contribution < -0.4 is 0 Å². The molecule has 1 aromatic heterocycles. The van der Waals surface area contributed by atoms with E-state index in [9.17, 15) is 4.79 Å². The highest BCUT2D eigenvalue weighted by molar-refractivity contribution is 5.76. The zero-order valence-electron chi connectivity index (χ0n) is 14.0. The highest BCUT2D eigenvalue weighted by Crippen LogP contribution is 2.21. The van der Waals surface area contributed by atoms with E-state index < -0.39 is 0 Å². The summed E-state index contributed by atoms with van der Waals surface area (Å²) in [6.07, 6.45) is 7.24. The number of ether oxygens (including phenoxy) is 1. The zero-order chi connectivity index (χ0) is 16.6. The lowest BCUT2D eigenvalue weighted by atomic mass is 10.1. The van der Waals surface area contributed by atoms with Crippen LogP contribution >= 0.6 is 0 Å². The number of carbonyl (C=O) groups is 1. The lowest BCUT2D eigenvalue weighted by Gasteiger charge is -2.33. The molecule has 3 rings (SSSR count). The van der Waals surface area contributed by atoms with Gasteiger partial charge in [0.25, 0.3) is 0 Å². The van der Waals surface area contributed by atoms with E-state index in [4.69, 9.17) is 4.74 Å². The molecular formula is C19H25N3O2. The molecule has 0 saturated carbocycles. The number of hydrogen-bond donors (Lipinski definition) is 0. The molecule has 0 N–H and O–H groups in total. The van der Waals surface area contributed by atoms with Crippen molar-refractivity contribution in [2.45, 2.75) is 38.3 Å². The molecule has 0 radical (unpaired) electrons. The Morgan fingerprint density at radius 2 is 2.12 bits per heavy atom. The number of carbonyl (C=O) groups excluding carboxylic acids is 1. The number of amides is 1. The molecule has 24 heavy (non-hydrogen) atoms. The first-order chi connectivity index (χ1) is 11.8. The third-order valence-electron chi connectivity index (χ3n) is 4.44. The van der Waals surface area contributed by atoms with Crippen LogP contribution in [0.2, 0.25) is 0 Å². The molecule has 2 heterocycles. The molecule has 0 aliphatic carbocycles. The maximum absolute atomic E-state index is 12.4. The van der Waals surface area contributed by atoms with Gasteiger partial charge in [-0.25, -0.2) is 0 Å². The Kier molecular flexibility index (Phi) is 6.01. The summed E-state index contributed by atoms with van der Waals surface area (Å²) in [6, 6.07) is 12.4. The van der Waals surface area contributed by atoms with Gasteiger partial charge in [0, 0.05) is 38.5 Å². The quantitative estimate of drug-likeness (QED) is 0.734. The van der Waals surface area contributed by atoms with Crippen LogP contribution in [0, 0.1) is 0 Å². The standard InChI is InChI=1S/C19H25N3O2/c23-19(10-5-14-24-16-17-7-2-1-3-8-17)21-12-4-9-18(15-21)22-13-6-11-20-22/h1-3,6-8,11,13,18H,4-5,9-10,12,14-16H2/t18-/m1/s1. The first-order valence-electron chi connectivity index (χ1n) is 8.71. The summed E-state index contributed by atoms with van der Waals surface area (Å²) in [6.45, 7) is 2.87. The van der Waals surface area contributed by atoms with Crippen molar-refractivity contribution in [2.24, 2.45) is 0 Å². The van der Waals surface area contributed by atoms with E-state index in [0.717, 1.165) is 32.4 Å². The second kappa shape index (κ2) is 8.64. The zero-order valence-corrected chi connectivity index (χ0v) is 14.0. The second-order valence-corrected chi connectivity index (χ2v) is 6.26. The predicted octanol–water partition coefficient (Wildman–Crippen LogP) is 3.04. The average Bonchev–Trinajstić information content (AvgIpc) is 3.17. The molecule has 2 aromatic rings. The fraction of sp³-hybridized carbons (Fsp3) is 0.474. The van der Waals surface area contributed by atoms with Crippen LogP contribution in [-0.4, -0.2) is 40.3 Å². The van der Waals surface area contributed by atoms with Crippen LogP contribution in [0.15, 0.2) is 48.8 Å². The monoisotopic (exact) mass is 327 g/mol. The molecule has 0 unspecified atom stereocenters. The smallest absolute Gasteiger partial charge is 0.222 e. The highest BCUT2D eigenvalue weighted by Gasteiger charge is 2.24. The minimum absolute atomic E-state index is 0.232. The molecule has 0 bridgehead atoms. The van der Waals surface area contributed by atoms with Crippen molar-refractivity contribution in [1.29, 1.82) is 0 Å². The van der Waals surface area contributed by atoms with Crippen LogP contribution in [0.25, 0.3) is 0 Å². The number of nitrogens with zero attached hydrogens (tertiary/aromatic N) is 3. The van der Waals surface area contributed by atoms with Gasteiger partial charge in [0.05, 0.1) is 12.6 Å². The van der Waals surface area contributed by atoms with E-state index in [2.05, 4.69) is 5.10 Å². The van der Waals surface area contributed by atoms with Crippen molar-refractivity contribution in [1.82, 2.24) is 14.7 Å². The number of benzene rings is 1. The van der Waals surface area contributed by atoms with Gasteiger partial charge in [0.2, 0.25) is 5.91 Å². The topological polar surface area (TPSA) is 47.4 Å². The van der Waals surface area contributed by atoms with Gasteiger partial charge in [-0.15, -0.1) is 0 Å². The van der Waals surface area contributed by atoms with Crippen molar-refractivity contribution in [3.05, 3.63) is 54.4 Å². The Bertz CT molecular complexity index is 613. The molecule has 5 heteroatoms. The number of aromatic nitrogens is 2. The first kappa shape index (κ1) is 16.7. The summed E-state index contributed by atoms with van der Waals surface area (Å²) in [5, 5.41) is 4.31. The van der Waals surface area contributed by atoms with Crippen LogP contribution in [-0.2, 0) is 16.1 Å². The average molecular weight is 327 g/mol. The van der Waals surface area contributed by atoms with E-state index in [1.807, 2.05) is 52.2 Å².